The number of piperidine rings is 1. The van der Waals surface area contributed by atoms with E-state index in [0.717, 1.165) is 24.9 Å². The Hall–Kier alpha value is -1.83. The number of para-hydroxylation sites is 1. The number of nitrogens with one attached hydrogen (secondary N) is 2. The zero-order chi connectivity index (χ0) is 18.1. The van der Waals surface area contributed by atoms with E-state index in [0.29, 0.717) is 19.6 Å². The van der Waals surface area contributed by atoms with E-state index in [2.05, 4.69) is 10.6 Å². The third-order valence-electron chi connectivity index (χ3n) is 4.48. The normalized spacial score (nSPS) is 17.8. The Balaban J connectivity index is 0.00000338. The van der Waals surface area contributed by atoms with Gasteiger partial charge in [-0.2, -0.15) is 0 Å². The maximum atomic E-state index is 12.5. The first-order valence-electron chi connectivity index (χ1n) is 8.76. The van der Waals surface area contributed by atoms with Crippen molar-refractivity contribution in [3.05, 3.63) is 30.3 Å². The van der Waals surface area contributed by atoms with Crippen molar-refractivity contribution >= 4 is 30.0 Å². The predicted octanol–water partition coefficient (Wildman–Crippen LogP) is 1.97. The summed E-state index contributed by atoms with van der Waals surface area (Å²) in [6, 6.07) is 9.02. The first kappa shape index (κ1) is 22.2. The number of amides is 3. The van der Waals surface area contributed by atoms with Crippen LogP contribution in [0.4, 0.5) is 10.5 Å². The monoisotopic (exact) mass is 384 g/mol. The van der Waals surface area contributed by atoms with E-state index in [1.807, 2.05) is 35.2 Å². The number of nitrogens with two attached hydrogens (primary N) is 1. The van der Waals surface area contributed by atoms with Crippen LogP contribution in [0.3, 0.4) is 0 Å². The quantitative estimate of drug-likeness (QED) is 0.669. The molecule has 8 heteroatoms. The lowest BCUT2D eigenvalue weighted by Gasteiger charge is -2.36. The molecule has 3 amide bonds. The number of rotatable bonds is 7. The van der Waals surface area contributed by atoms with Gasteiger partial charge in [-0.1, -0.05) is 18.2 Å². The lowest BCUT2D eigenvalue weighted by Crippen LogP contribution is -2.50. The van der Waals surface area contributed by atoms with Crippen LogP contribution in [0.2, 0.25) is 0 Å². The molecule has 4 N–H and O–H groups in total. The molecule has 1 aliphatic heterocycles. The standard InChI is InChI=1S/C18H28N4O3.ClH/c1-25-16(12-19)11-17(23)22-10-6-5-9-15(22)13-20-18(24)21-14-7-3-2-4-8-14;/h2-4,7-8,15-16H,5-6,9-13,19H2,1H3,(H2,20,21,24);1H. The minimum absolute atomic E-state index is 0. The summed E-state index contributed by atoms with van der Waals surface area (Å²) in [6.45, 7) is 1.47. The van der Waals surface area contributed by atoms with Crippen LogP contribution in [0, 0.1) is 0 Å². The molecule has 0 aromatic heterocycles. The first-order chi connectivity index (χ1) is 12.1. The zero-order valence-corrected chi connectivity index (χ0v) is 16.0. The maximum Gasteiger partial charge on any atom is 0.319 e. The fourth-order valence-corrected chi connectivity index (χ4v) is 3.02. The van der Waals surface area contributed by atoms with Gasteiger partial charge in [0.15, 0.2) is 0 Å². The smallest absolute Gasteiger partial charge is 0.319 e. The number of anilines is 1. The van der Waals surface area contributed by atoms with E-state index in [1.165, 1.54) is 0 Å². The Labute approximate surface area is 161 Å². The highest BCUT2D eigenvalue weighted by molar-refractivity contribution is 5.89. The minimum Gasteiger partial charge on any atom is -0.380 e. The summed E-state index contributed by atoms with van der Waals surface area (Å²) in [5.41, 5.74) is 6.34. The van der Waals surface area contributed by atoms with Gasteiger partial charge in [0.05, 0.1) is 12.5 Å². The summed E-state index contributed by atoms with van der Waals surface area (Å²) in [6.07, 6.45) is 2.95. The largest absolute Gasteiger partial charge is 0.380 e. The minimum atomic E-state index is -0.263. The fraction of sp³-hybridized carbons (Fsp3) is 0.556. The molecular formula is C18H29ClN4O3. The third kappa shape index (κ3) is 6.82. The van der Waals surface area contributed by atoms with Gasteiger partial charge in [-0.05, 0) is 31.4 Å². The number of urea groups is 1. The van der Waals surface area contributed by atoms with Crippen LogP contribution in [-0.4, -0.2) is 55.7 Å². The lowest BCUT2D eigenvalue weighted by atomic mass is 10.0. The molecule has 2 rings (SSSR count). The van der Waals surface area contributed by atoms with Crippen molar-refractivity contribution in [2.24, 2.45) is 5.73 Å². The second kappa shape index (κ2) is 11.7. The summed E-state index contributed by atoms with van der Waals surface area (Å²) in [4.78, 5) is 26.4. The second-order valence-corrected chi connectivity index (χ2v) is 6.24. The number of ether oxygens (including phenoxy) is 1. The molecule has 0 aliphatic carbocycles. The average Bonchev–Trinajstić information content (AvgIpc) is 2.65. The van der Waals surface area contributed by atoms with Crippen molar-refractivity contribution in [2.45, 2.75) is 37.8 Å². The molecule has 2 unspecified atom stereocenters. The van der Waals surface area contributed by atoms with Gasteiger partial charge in [0, 0.05) is 38.5 Å². The van der Waals surface area contributed by atoms with E-state index >= 15 is 0 Å². The highest BCUT2D eigenvalue weighted by atomic mass is 35.5. The molecule has 0 radical (unpaired) electrons. The molecule has 1 heterocycles. The Bertz CT molecular complexity index is 555. The Morgan fingerprint density at radius 1 is 1.31 bits per heavy atom. The molecule has 0 saturated carbocycles. The lowest BCUT2D eigenvalue weighted by molar-refractivity contribution is -0.137. The van der Waals surface area contributed by atoms with Crippen molar-refractivity contribution in [1.29, 1.82) is 0 Å². The van der Waals surface area contributed by atoms with Gasteiger partial charge < -0.3 is 26.0 Å². The van der Waals surface area contributed by atoms with E-state index < -0.39 is 0 Å². The molecule has 1 fully saturated rings. The summed E-state index contributed by atoms with van der Waals surface area (Å²) < 4.78 is 5.21. The van der Waals surface area contributed by atoms with Crippen LogP contribution < -0.4 is 16.4 Å². The molecule has 1 aromatic rings. The molecule has 1 aliphatic rings. The van der Waals surface area contributed by atoms with Gasteiger partial charge in [-0.3, -0.25) is 4.79 Å². The van der Waals surface area contributed by atoms with Crippen molar-refractivity contribution in [3.8, 4) is 0 Å². The fourth-order valence-electron chi connectivity index (χ4n) is 3.02. The van der Waals surface area contributed by atoms with Crippen LogP contribution in [0.25, 0.3) is 0 Å². The highest BCUT2D eigenvalue weighted by Gasteiger charge is 2.28. The SMILES string of the molecule is COC(CN)CC(=O)N1CCCCC1CNC(=O)Nc1ccccc1.Cl. The van der Waals surface area contributed by atoms with Gasteiger partial charge in [0.2, 0.25) is 5.91 Å². The number of benzene rings is 1. The van der Waals surface area contributed by atoms with Crippen LogP contribution >= 0.6 is 12.4 Å². The van der Waals surface area contributed by atoms with Crippen LogP contribution in [-0.2, 0) is 9.53 Å². The molecular weight excluding hydrogens is 356 g/mol. The van der Waals surface area contributed by atoms with E-state index in [-0.39, 0.29) is 42.9 Å². The highest BCUT2D eigenvalue weighted by Crippen LogP contribution is 2.18. The molecule has 1 aromatic carbocycles. The van der Waals surface area contributed by atoms with Crippen molar-refractivity contribution in [1.82, 2.24) is 10.2 Å². The number of likely N-dealkylation sites (tertiary alicyclic amines) is 1. The molecule has 2 atom stereocenters. The molecule has 146 valence electrons. The van der Waals surface area contributed by atoms with Crippen molar-refractivity contribution < 1.29 is 14.3 Å². The number of hydrogen-bond acceptors (Lipinski definition) is 4. The Morgan fingerprint density at radius 3 is 2.69 bits per heavy atom. The summed E-state index contributed by atoms with van der Waals surface area (Å²) in [5.74, 6) is 0.0345. The number of halogens is 1. The number of nitrogens with zero attached hydrogens (tertiary/aromatic N) is 1. The zero-order valence-electron chi connectivity index (χ0n) is 15.1. The average molecular weight is 385 g/mol. The third-order valence-corrected chi connectivity index (χ3v) is 4.48. The van der Waals surface area contributed by atoms with Crippen molar-refractivity contribution in [2.75, 3.05) is 32.1 Å². The maximum absolute atomic E-state index is 12.5. The molecule has 7 nitrogen and oxygen atoms in total. The first-order valence-corrected chi connectivity index (χ1v) is 8.76. The number of methoxy groups -OCH3 is 1. The van der Waals surface area contributed by atoms with Gasteiger partial charge >= 0.3 is 6.03 Å². The van der Waals surface area contributed by atoms with Crippen LogP contribution in [0.5, 0.6) is 0 Å². The van der Waals surface area contributed by atoms with Crippen LogP contribution in [0.15, 0.2) is 30.3 Å². The predicted molar refractivity (Wildman–Crippen MR) is 105 cm³/mol. The summed E-state index contributed by atoms with van der Waals surface area (Å²) in [5, 5.41) is 5.65. The van der Waals surface area contributed by atoms with Crippen molar-refractivity contribution in [3.63, 3.8) is 0 Å². The van der Waals surface area contributed by atoms with Gasteiger partial charge in [-0.15, -0.1) is 12.4 Å². The van der Waals surface area contributed by atoms with Gasteiger partial charge in [0.25, 0.3) is 0 Å². The van der Waals surface area contributed by atoms with Crippen LogP contribution in [0.1, 0.15) is 25.7 Å². The molecule has 0 spiro atoms. The topological polar surface area (TPSA) is 96.7 Å². The molecule has 26 heavy (non-hydrogen) atoms. The van der Waals surface area contributed by atoms with Gasteiger partial charge in [0.1, 0.15) is 0 Å². The Kier molecular flexibility index (Phi) is 10.0. The number of carbonyl (C=O) groups is 2. The van der Waals surface area contributed by atoms with Gasteiger partial charge in [-0.25, -0.2) is 4.79 Å². The van der Waals surface area contributed by atoms with E-state index in [9.17, 15) is 9.59 Å². The van der Waals surface area contributed by atoms with E-state index in [1.54, 1.807) is 7.11 Å². The number of hydrogen-bond donors (Lipinski definition) is 3. The summed E-state index contributed by atoms with van der Waals surface area (Å²) >= 11 is 0. The number of carbonyl (C=O) groups excluding carboxylic acids is 2. The Morgan fingerprint density at radius 2 is 2.04 bits per heavy atom. The second-order valence-electron chi connectivity index (χ2n) is 6.24. The molecule has 1 saturated heterocycles. The van der Waals surface area contributed by atoms with E-state index in [4.69, 9.17) is 10.5 Å². The molecule has 0 bridgehead atoms. The summed E-state index contributed by atoms with van der Waals surface area (Å²) in [7, 11) is 1.56.